The van der Waals surface area contributed by atoms with Gasteiger partial charge in [0.1, 0.15) is 0 Å². The van der Waals surface area contributed by atoms with Gasteiger partial charge in [0.05, 0.1) is 7.11 Å². The van der Waals surface area contributed by atoms with Crippen LogP contribution in [0, 0.1) is 0 Å². The third-order valence-corrected chi connectivity index (χ3v) is 0.368. The van der Waals surface area contributed by atoms with Gasteiger partial charge in [-0.3, -0.25) is 0 Å². The molecule has 0 atom stereocenters. The fraction of sp³-hybridized carbons (Fsp3) is 0.250. The SMILES string of the molecule is C=CC(=O)OC.[HH]. The molecule has 0 fully saturated rings. The molecule has 0 radical (unpaired) electrons. The van der Waals surface area contributed by atoms with Gasteiger partial charge >= 0.3 is 5.97 Å². The van der Waals surface area contributed by atoms with Crippen molar-refractivity contribution in [1.82, 2.24) is 0 Å². The van der Waals surface area contributed by atoms with Crippen molar-refractivity contribution in [3.05, 3.63) is 12.7 Å². The Kier molecular flexibility index (Phi) is 2.13. The summed E-state index contributed by atoms with van der Waals surface area (Å²) in [6.07, 6.45) is 1.11. The van der Waals surface area contributed by atoms with E-state index in [1.807, 2.05) is 0 Å². The minimum absolute atomic E-state index is 0. The molecule has 0 aliphatic carbocycles. The van der Waals surface area contributed by atoms with Crippen LogP contribution in [0.1, 0.15) is 1.43 Å². The van der Waals surface area contributed by atoms with E-state index in [-0.39, 0.29) is 1.43 Å². The molecule has 2 nitrogen and oxygen atoms in total. The highest BCUT2D eigenvalue weighted by Gasteiger charge is 1.81. The lowest BCUT2D eigenvalue weighted by Crippen LogP contribution is -1.91. The topological polar surface area (TPSA) is 26.3 Å². The number of hydrogen-bond acceptors (Lipinski definition) is 2. The first kappa shape index (κ1) is 5.21. The fourth-order valence-corrected chi connectivity index (χ4v) is 0.0833. The number of carbonyl (C=O) groups is 1. The van der Waals surface area contributed by atoms with Crippen LogP contribution in [0.15, 0.2) is 12.7 Å². The Bertz CT molecular complexity index is 70.1. The maximum Gasteiger partial charge on any atom is 0.329 e. The first-order valence-electron chi connectivity index (χ1n) is 1.51. The molecular weight excluding hydrogens is 80.0 g/mol. The van der Waals surface area contributed by atoms with E-state index in [2.05, 4.69) is 11.3 Å². The van der Waals surface area contributed by atoms with E-state index in [1.165, 1.54) is 7.11 Å². The van der Waals surface area contributed by atoms with Crippen LogP contribution in [0.2, 0.25) is 0 Å². The average Bonchev–Trinajstić information content (AvgIpc) is 1.65. The van der Waals surface area contributed by atoms with Crippen LogP contribution >= 0.6 is 0 Å². The van der Waals surface area contributed by atoms with Crippen molar-refractivity contribution >= 4 is 5.97 Å². The first-order valence-corrected chi connectivity index (χ1v) is 1.51. The summed E-state index contributed by atoms with van der Waals surface area (Å²) in [6.45, 7) is 3.16. The van der Waals surface area contributed by atoms with Gasteiger partial charge in [0, 0.05) is 7.50 Å². The summed E-state index contributed by atoms with van der Waals surface area (Å²) in [7, 11) is 1.31. The zero-order valence-electron chi connectivity index (χ0n) is 3.60. The number of carbonyl (C=O) groups excluding carboxylic acids is 1. The van der Waals surface area contributed by atoms with Gasteiger partial charge in [-0.25, -0.2) is 4.79 Å². The Morgan fingerprint density at radius 2 is 2.67 bits per heavy atom. The van der Waals surface area contributed by atoms with Crippen molar-refractivity contribution in [3.8, 4) is 0 Å². The molecule has 0 saturated heterocycles. The van der Waals surface area contributed by atoms with Crippen molar-refractivity contribution in [2.75, 3.05) is 7.11 Å². The van der Waals surface area contributed by atoms with Gasteiger partial charge in [0.25, 0.3) is 0 Å². The molecule has 0 aliphatic rings. The van der Waals surface area contributed by atoms with Crippen LogP contribution in [0.4, 0.5) is 0 Å². The molecule has 2 heteroatoms. The third-order valence-electron chi connectivity index (χ3n) is 0.368. The molecule has 0 N–H and O–H groups in total. The molecule has 36 valence electrons. The van der Waals surface area contributed by atoms with Gasteiger partial charge in [-0.2, -0.15) is 0 Å². The normalized spacial score (nSPS) is 6.83. The molecule has 0 aromatic rings. The highest BCUT2D eigenvalue weighted by molar-refractivity contribution is 5.80. The van der Waals surface area contributed by atoms with Gasteiger partial charge in [0.2, 0.25) is 0 Å². The van der Waals surface area contributed by atoms with Gasteiger partial charge < -0.3 is 4.74 Å². The number of rotatable bonds is 1. The van der Waals surface area contributed by atoms with E-state index in [4.69, 9.17) is 0 Å². The number of ether oxygens (including phenoxy) is 1. The fourth-order valence-electron chi connectivity index (χ4n) is 0.0833. The Hall–Kier alpha value is -0.790. The Balaban J connectivity index is 0. The molecule has 6 heavy (non-hydrogen) atoms. The maximum absolute atomic E-state index is 9.84. The molecule has 0 spiro atoms. The highest BCUT2D eigenvalue weighted by atomic mass is 16.5. The molecule has 0 aliphatic heterocycles. The average molecular weight is 88.1 g/mol. The zero-order chi connectivity index (χ0) is 4.99. The standard InChI is InChI=1S/C4H6O2.H2/c1-3-4(5)6-2;/h3H,1H2,2H3;1H. The molecule has 0 amide bonds. The summed E-state index contributed by atoms with van der Waals surface area (Å²) >= 11 is 0. The van der Waals surface area contributed by atoms with E-state index in [1.54, 1.807) is 0 Å². The second kappa shape index (κ2) is 2.45. The van der Waals surface area contributed by atoms with E-state index >= 15 is 0 Å². The predicted octanol–water partition coefficient (Wildman–Crippen LogP) is 0.591. The maximum atomic E-state index is 9.84. The number of methoxy groups -OCH3 is 1. The monoisotopic (exact) mass is 88.1 g/mol. The van der Waals surface area contributed by atoms with Crippen molar-refractivity contribution in [2.24, 2.45) is 0 Å². The molecular formula is C4H8O2. The smallest absolute Gasteiger partial charge is 0.329 e. The van der Waals surface area contributed by atoms with Crippen molar-refractivity contribution in [3.63, 3.8) is 0 Å². The van der Waals surface area contributed by atoms with Crippen LogP contribution in [0.3, 0.4) is 0 Å². The molecule has 0 rings (SSSR count). The van der Waals surface area contributed by atoms with Crippen molar-refractivity contribution < 1.29 is 11.0 Å². The first-order chi connectivity index (χ1) is 2.81. The van der Waals surface area contributed by atoms with Gasteiger partial charge in [-0.1, -0.05) is 6.58 Å². The quantitative estimate of drug-likeness (QED) is 0.346. The summed E-state index contributed by atoms with van der Waals surface area (Å²) < 4.78 is 4.14. The Morgan fingerprint density at radius 3 is 2.67 bits per heavy atom. The summed E-state index contributed by atoms with van der Waals surface area (Å²) in [6, 6.07) is 0. The lowest BCUT2D eigenvalue weighted by Gasteiger charge is -1.83. The van der Waals surface area contributed by atoms with Crippen LogP contribution < -0.4 is 0 Å². The molecule has 0 aromatic heterocycles. The lowest BCUT2D eigenvalue weighted by molar-refractivity contribution is -0.134. The molecule has 0 bridgehead atoms. The van der Waals surface area contributed by atoms with E-state index < -0.39 is 5.97 Å². The number of hydrogen-bond donors (Lipinski definition) is 0. The molecule has 0 aromatic carbocycles. The highest BCUT2D eigenvalue weighted by Crippen LogP contribution is 1.67. The predicted molar refractivity (Wildman–Crippen MR) is 24.3 cm³/mol. The molecule has 0 heterocycles. The van der Waals surface area contributed by atoms with Gasteiger partial charge in [-0.05, 0) is 0 Å². The van der Waals surface area contributed by atoms with Crippen LogP contribution in [-0.2, 0) is 9.53 Å². The van der Waals surface area contributed by atoms with E-state index in [0.29, 0.717) is 0 Å². The van der Waals surface area contributed by atoms with Crippen LogP contribution in [0.5, 0.6) is 0 Å². The van der Waals surface area contributed by atoms with E-state index in [0.717, 1.165) is 6.08 Å². The minimum atomic E-state index is -0.394. The van der Waals surface area contributed by atoms with Crippen LogP contribution in [-0.4, -0.2) is 13.1 Å². The summed E-state index contributed by atoms with van der Waals surface area (Å²) in [5.74, 6) is -0.394. The van der Waals surface area contributed by atoms with Crippen molar-refractivity contribution in [2.45, 2.75) is 0 Å². The Labute approximate surface area is 37.9 Å². The largest absolute Gasteiger partial charge is 0.466 e. The minimum Gasteiger partial charge on any atom is -0.466 e. The number of esters is 1. The van der Waals surface area contributed by atoms with Gasteiger partial charge in [-0.15, -0.1) is 0 Å². The molecule has 0 saturated carbocycles. The Morgan fingerprint density at radius 1 is 2.17 bits per heavy atom. The second-order valence-electron chi connectivity index (χ2n) is 0.727. The van der Waals surface area contributed by atoms with E-state index in [9.17, 15) is 4.79 Å². The van der Waals surface area contributed by atoms with Crippen molar-refractivity contribution in [1.29, 1.82) is 0 Å². The van der Waals surface area contributed by atoms with Gasteiger partial charge in [0.15, 0.2) is 0 Å². The summed E-state index contributed by atoms with van der Waals surface area (Å²) in [5, 5.41) is 0. The third kappa shape index (κ3) is 1.52. The van der Waals surface area contributed by atoms with Crippen LogP contribution in [0.25, 0.3) is 0 Å². The lowest BCUT2D eigenvalue weighted by atomic mass is 10.7. The molecule has 0 unspecified atom stereocenters. The summed E-state index contributed by atoms with van der Waals surface area (Å²) in [4.78, 5) is 9.84. The second-order valence-corrected chi connectivity index (χ2v) is 0.727. The summed E-state index contributed by atoms with van der Waals surface area (Å²) in [5.41, 5.74) is 0. The zero-order valence-corrected chi connectivity index (χ0v) is 3.60.